The van der Waals surface area contributed by atoms with Crippen LogP contribution >= 0.6 is 0 Å². The summed E-state index contributed by atoms with van der Waals surface area (Å²) in [5.41, 5.74) is -0.616. The molecule has 0 aromatic heterocycles. The summed E-state index contributed by atoms with van der Waals surface area (Å²) in [4.78, 5) is 13.7. The molecule has 14 heavy (non-hydrogen) atoms. The first-order valence-corrected chi connectivity index (χ1v) is 5.25. The van der Waals surface area contributed by atoms with Crippen LogP contribution in [-0.4, -0.2) is 42.3 Å². The predicted octanol–water partition coefficient (Wildman–Crippen LogP) is 1.13. The van der Waals surface area contributed by atoms with Gasteiger partial charge in [0.1, 0.15) is 11.7 Å². The molecule has 0 aromatic rings. The van der Waals surface area contributed by atoms with Gasteiger partial charge in [0.25, 0.3) is 0 Å². The zero-order chi connectivity index (χ0) is 10.2. The van der Waals surface area contributed by atoms with Gasteiger partial charge in [-0.15, -0.1) is 0 Å². The number of nitrogens with zero attached hydrogens (tertiary/aromatic N) is 1. The molecule has 0 aliphatic carbocycles. The Morgan fingerprint density at radius 1 is 1.71 bits per heavy atom. The quantitative estimate of drug-likeness (QED) is 0.627. The van der Waals surface area contributed by atoms with Crippen molar-refractivity contribution in [1.29, 1.82) is 0 Å². The fraction of sp³-hybridized carbons (Fsp3) is 0.900. The molecule has 0 aromatic carbocycles. The zero-order valence-corrected chi connectivity index (χ0v) is 8.46. The van der Waals surface area contributed by atoms with Crippen LogP contribution in [0.4, 0.5) is 4.39 Å². The topological polar surface area (TPSA) is 29.5 Å². The van der Waals surface area contributed by atoms with Crippen LogP contribution in [0.5, 0.6) is 0 Å². The van der Waals surface area contributed by atoms with Crippen LogP contribution in [-0.2, 0) is 9.53 Å². The molecule has 0 spiro atoms. The predicted molar refractivity (Wildman–Crippen MR) is 49.7 cm³/mol. The molecular weight excluding hydrogens is 185 g/mol. The molecule has 2 atom stereocenters. The molecule has 2 aliphatic heterocycles. The number of rotatable bonds is 2. The lowest BCUT2D eigenvalue weighted by Crippen LogP contribution is -2.46. The van der Waals surface area contributed by atoms with Crippen molar-refractivity contribution in [3.63, 3.8) is 0 Å². The molecule has 0 amide bonds. The van der Waals surface area contributed by atoms with Crippen molar-refractivity contribution in [2.24, 2.45) is 0 Å². The summed E-state index contributed by atoms with van der Waals surface area (Å²) in [5, 5.41) is 0. The average Bonchev–Trinajstić information content (AvgIpc) is 2.61. The average molecular weight is 201 g/mol. The van der Waals surface area contributed by atoms with E-state index in [0.29, 0.717) is 19.6 Å². The van der Waals surface area contributed by atoms with E-state index in [1.807, 2.05) is 4.90 Å². The van der Waals surface area contributed by atoms with Crippen molar-refractivity contribution in [2.75, 3.05) is 19.7 Å². The van der Waals surface area contributed by atoms with E-state index in [2.05, 4.69) is 0 Å². The minimum Gasteiger partial charge on any atom is -0.465 e. The standard InChI is InChI=1S/C10H16FNO2/c1-2-14-9(13)10-4-3-5-12(10)7-8(11)6-10/h8H,2-7H2,1H3. The Morgan fingerprint density at radius 2 is 2.50 bits per heavy atom. The van der Waals surface area contributed by atoms with E-state index in [0.717, 1.165) is 19.4 Å². The highest BCUT2D eigenvalue weighted by Gasteiger charge is 2.54. The first-order valence-electron chi connectivity index (χ1n) is 5.25. The molecule has 2 fully saturated rings. The van der Waals surface area contributed by atoms with Crippen molar-refractivity contribution in [1.82, 2.24) is 4.90 Å². The molecule has 80 valence electrons. The van der Waals surface area contributed by atoms with Gasteiger partial charge >= 0.3 is 5.97 Å². The number of alkyl halides is 1. The first-order chi connectivity index (χ1) is 6.69. The number of carbonyl (C=O) groups excluding carboxylic acids is 1. The third-order valence-electron chi connectivity index (χ3n) is 3.26. The molecule has 2 saturated heterocycles. The van der Waals surface area contributed by atoms with Crippen LogP contribution in [0.1, 0.15) is 26.2 Å². The molecule has 4 heteroatoms. The third kappa shape index (κ3) is 1.32. The SMILES string of the molecule is CCOC(=O)C12CCCN1CC(F)C2. The van der Waals surface area contributed by atoms with Gasteiger partial charge in [-0.3, -0.25) is 9.69 Å². The normalized spacial score (nSPS) is 37.1. The van der Waals surface area contributed by atoms with E-state index >= 15 is 0 Å². The molecule has 2 aliphatic rings. The van der Waals surface area contributed by atoms with Crippen LogP contribution in [0.15, 0.2) is 0 Å². The summed E-state index contributed by atoms with van der Waals surface area (Å²) in [7, 11) is 0. The molecule has 2 heterocycles. The first kappa shape index (κ1) is 9.90. The van der Waals surface area contributed by atoms with Crippen LogP contribution in [0.25, 0.3) is 0 Å². The molecule has 2 rings (SSSR count). The van der Waals surface area contributed by atoms with Crippen molar-refractivity contribution in [2.45, 2.75) is 37.9 Å². The summed E-state index contributed by atoms with van der Waals surface area (Å²) in [5.74, 6) is -0.224. The molecule has 0 N–H and O–H groups in total. The molecule has 2 unspecified atom stereocenters. The van der Waals surface area contributed by atoms with Crippen molar-refractivity contribution in [3.8, 4) is 0 Å². The number of esters is 1. The number of hydrogen-bond donors (Lipinski definition) is 0. The zero-order valence-electron chi connectivity index (χ0n) is 8.46. The number of halogens is 1. The second kappa shape index (κ2) is 3.50. The lowest BCUT2D eigenvalue weighted by molar-refractivity contribution is -0.154. The lowest BCUT2D eigenvalue weighted by Gasteiger charge is -2.28. The van der Waals surface area contributed by atoms with E-state index in [4.69, 9.17) is 4.74 Å². The monoisotopic (exact) mass is 201 g/mol. The van der Waals surface area contributed by atoms with Gasteiger partial charge in [0.05, 0.1) is 6.61 Å². The Balaban J connectivity index is 2.15. The fourth-order valence-corrected chi connectivity index (χ4v) is 2.68. The number of carbonyl (C=O) groups is 1. The van der Waals surface area contributed by atoms with Gasteiger partial charge < -0.3 is 4.74 Å². The van der Waals surface area contributed by atoms with Crippen LogP contribution in [0, 0.1) is 0 Å². The van der Waals surface area contributed by atoms with Gasteiger partial charge in [-0.25, -0.2) is 4.39 Å². The van der Waals surface area contributed by atoms with Crippen molar-refractivity contribution in [3.05, 3.63) is 0 Å². The number of fused-ring (bicyclic) bond motifs is 1. The van der Waals surface area contributed by atoms with Crippen molar-refractivity contribution >= 4 is 5.97 Å². The summed E-state index contributed by atoms with van der Waals surface area (Å²) < 4.78 is 18.3. The minimum atomic E-state index is -0.861. The maximum Gasteiger partial charge on any atom is 0.326 e. The van der Waals surface area contributed by atoms with E-state index in [1.54, 1.807) is 6.92 Å². The smallest absolute Gasteiger partial charge is 0.326 e. The van der Waals surface area contributed by atoms with E-state index in [1.165, 1.54) is 0 Å². The van der Waals surface area contributed by atoms with Crippen LogP contribution in [0.2, 0.25) is 0 Å². The number of ether oxygens (including phenoxy) is 1. The lowest BCUT2D eigenvalue weighted by atomic mass is 9.94. The van der Waals surface area contributed by atoms with Gasteiger partial charge in [0, 0.05) is 13.0 Å². The Labute approximate surface area is 83.2 Å². The highest BCUT2D eigenvalue weighted by atomic mass is 19.1. The van der Waals surface area contributed by atoms with E-state index in [9.17, 15) is 9.18 Å². The van der Waals surface area contributed by atoms with Gasteiger partial charge in [-0.05, 0) is 26.3 Å². The maximum atomic E-state index is 13.2. The molecule has 3 nitrogen and oxygen atoms in total. The Bertz CT molecular complexity index is 246. The third-order valence-corrected chi connectivity index (χ3v) is 3.26. The van der Waals surface area contributed by atoms with Gasteiger partial charge in [0.15, 0.2) is 0 Å². The second-order valence-electron chi connectivity index (χ2n) is 4.10. The second-order valence-corrected chi connectivity index (χ2v) is 4.10. The van der Waals surface area contributed by atoms with Crippen LogP contribution in [0.3, 0.4) is 0 Å². The Hall–Kier alpha value is -0.640. The van der Waals surface area contributed by atoms with Gasteiger partial charge in [-0.2, -0.15) is 0 Å². The van der Waals surface area contributed by atoms with Crippen molar-refractivity contribution < 1.29 is 13.9 Å². The summed E-state index contributed by atoms with van der Waals surface area (Å²) in [6.07, 6.45) is 1.20. The maximum absolute atomic E-state index is 13.2. The fourth-order valence-electron chi connectivity index (χ4n) is 2.68. The van der Waals surface area contributed by atoms with Crippen LogP contribution < -0.4 is 0 Å². The summed E-state index contributed by atoms with van der Waals surface area (Å²) in [6.45, 7) is 3.40. The molecular formula is C10H16FNO2. The molecule has 0 bridgehead atoms. The Kier molecular flexibility index (Phi) is 2.47. The van der Waals surface area contributed by atoms with E-state index in [-0.39, 0.29) is 5.97 Å². The summed E-state index contributed by atoms with van der Waals surface area (Å²) >= 11 is 0. The van der Waals surface area contributed by atoms with Gasteiger partial charge in [-0.1, -0.05) is 0 Å². The van der Waals surface area contributed by atoms with Gasteiger partial charge in [0.2, 0.25) is 0 Å². The number of hydrogen-bond acceptors (Lipinski definition) is 3. The molecule has 0 radical (unpaired) electrons. The Morgan fingerprint density at radius 3 is 3.21 bits per heavy atom. The highest BCUT2D eigenvalue weighted by molar-refractivity contribution is 5.82. The largest absolute Gasteiger partial charge is 0.465 e. The molecule has 0 saturated carbocycles. The highest BCUT2D eigenvalue weighted by Crippen LogP contribution is 2.40. The summed E-state index contributed by atoms with van der Waals surface area (Å²) in [6, 6.07) is 0. The van der Waals surface area contributed by atoms with E-state index < -0.39 is 11.7 Å². The minimum absolute atomic E-state index is 0.224.